The summed E-state index contributed by atoms with van der Waals surface area (Å²) in [5.41, 5.74) is 4.14. The summed E-state index contributed by atoms with van der Waals surface area (Å²) in [6.45, 7) is 6.29. The molecule has 1 aromatic heterocycles. The minimum Gasteiger partial charge on any atom is -0.496 e. The van der Waals surface area contributed by atoms with Crippen LogP contribution in [0, 0.1) is 24.0 Å². The number of carbonyl (C=O) groups excluding carboxylic acids is 2. The molecule has 0 aliphatic rings. The standard InChI is InChI=1S/C25H27N5O7/c1-14(26-27-24(31)17(4)29-16(3)23(30(33)34)15(2)28-29)18-11-12-21(22(13-18)36-6)37-25(32)19-9-7-8-10-20(19)35-5/h7-13,17H,1-6H3,(H,27,31)/b26-14+. The van der Waals surface area contributed by atoms with Gasteiger partial charge >= 0.3 is 11.7 Å². The van der Waals surface area contributed by atoms with E-state index in [1.54, 1.807) is 56.3 Å². The van der Waals surface area contributed by atoms with Crippen molar-refractivity contribution in [3.8, 4) is 17.2 Å². The Kier molecular flexibility index (Phi) is 8.23. The highest BCUT2D eigenvalue weighted by Crippen LogP contribution is 2.30. The van der Waals surface area contributed by atoms with E-state index in [-0.39, 0.29) is 34.1 Å². The molecule has 12 nitrogen and oxygen atoms in total. The molecule has 0 radical (unpaired) electrons. The van der Waals surface area contributed by atoms with E-state index in [9.17, 15) is 19.7 Å². The first kappa shape index (κ1) is 26.9. The van der Waals surface area contributed by atoms with Crippen LogP contribution in [0.15, 0.2) is 47.6 Å². The smallest absolute Gasteiger partial charge is 0.347 e. The van der Waals surface area contributed by atoms with Gasteiger partial charge in [0.05, 0.1) is 24.9 Å². The summed E-state index contributed by atoms with van der Waals surface area (Å²) in [7, 11) is 2.90. The van der Waals surface area contributed by atoms with Crippen molar-refractivity contribution >= 4 is 23.3 Å². The van der Waals surface area contributed by atoms with Crippen LogP contribution in [0.25, 0.3) is 0 Å². The van der Waals surface area contributed by atoms with Crippen molar-refractivity contribution in [1.29, 1.82) is 0 Å². The van der Waals surface area contributed by atoms with Crippen LogP contribution in [0.1, 0.15) is 47.2 Å². The molecule has 0 fully saturated rings. The minimum absolute atomic E-state index is 0.127. The largest absolute Gasteiger partial charge is 0.496 e. The van der Waals surface area contributed by atoms with Crippen LogP contribution < -0.4 is 19.6 Å². The molecule has 1 atom stereocenters. The number of methoxy groups -OCH3 is 2. The van der Waals surface area contributed by atoms with E-state index in [1.807, 2.05) is 0 Å². The van der Waals surface area contributed by atoms with Crippen molar-refractivity contribution in [3.05, 3.63) is 75.1 Å². The van der Waals surface area contributed by atoms with Gasteiger partial charge in [0.15, 0.2) is 11.5 Å². The Morgan fingerprint density at radius 3 is 2.38 bits per heavy atom. The molecule has 0 aliphatic heterocycles. The highest BCUT2D eigenvalue weighted by atomic mass is 16.6. The van der Waals surface area contributed by atoms with Crippen LogP contribution in [0.2, 0.25) is 0 Å². The Labute approximate surface area is 213 Å². The van der Waals surface area contributed by atoms with Crippen molar-refractivity contribution in [2.24, 2.45) is 5.10 Å². The Morgan fingerprint density at radius 1 is 1.08 bits per heavy atom. The van der Waals surface area contributed by atoms with Crippen LogP contribution >= 0.6 is 0 Å². The second kappa shape index (κ2) is 11.3. The fourth-order valence-electron chi connectivity index (χ4n) is 3.65. The summed E-state index contributed by atoms with van der Waals surface area (Å²) in [5.74, 6) is -0.261. The van der Waals surface area contributed by atoms with Gasteiger partial charge in [0.1, 0.15) is 28.7 Å². The summed E-state index contributed by atoms with van der Waals surface area (Å²) in [5, 5.41) is 19.5. The third-order valence-corrected chi connectivity index (χ3v) is 5.66. The zero-order chi connectivity index (χ0) is 27.3. The predicted molar refractivity (Wildman–Crippen MR) is 134 cm³/mol. The van der Waals surface area contributed by atoms with E-state index in [2.05, 4.69) is 15.6 Å². The third-order valence-electron chi connectivity index (χ3n) is 5.66. The number of hydrogen-bond donors (Lipinski definition) is 1. The number of aryl methyl sites for hydroxylation is 1. The number of benzene rings is 2. The van der Waals surface area contributed by atoms with E-state index >= 15 is 0 Å². The second-order valence-electron chi connectivity index (χ2n) is 8.03. The van der Waals surface area contributed by atoms with Crippen LogP contribution in [0.3, 0.4) is 0 Å². The molecule has 2 aromatic carbocycles. The first-order valence-corrected chi connectivity index (χ1v) is 11.2. The normalized spacial score (nSPS) is 12.0. The summed E-state index contributed by atoms with van der Waals surface area (Å²) in [4.78, 5) is 36.0. The van der Waals surface area contributed by atoms with Crippen molar-refractivity contribution in [1.82, 2.24) is 15.2 Å². The first-order valence-electron chi connectivity index (χ1n) is 11.2. The molecular weight excluding hydrogens is 482 g/mol. The fraction of sp³-hybridized carbons (Fsp3) is 0.280. The zero-order valence-electron chi connectivity index (χ0n) is 21.3. The number of esters is 1. The lowest BCUT2D eigenvalue weighted by Crippen LogP contribution is -2.29. The molecule has 0 bridgehead atoms. The molecule has 0 aliphatic carbocycles. The molecule has 3 rings (SSSR count). The maximum Gasteiger partial charge on any atom is 0.347 e. The van der Waals surface area contributed by atoms with E-state index in [0.29, 0.717) is 17.0 Å². The quantitative estimate of drug-likeness (QED) is 0.151. The molecule has 1 heterocycles. The summed E-state index contributed by atoms with van der Waals surface area (Å²) in [6.07, 6.45) is 0. The van der Waals surface area contributed by atoms with Crippen molar-refractivity contribution in [3.63, 3.8) is 0 Å². The molecule has 0 saturated carbocycles. The van der Waals surface area contributed by atoms with Crippen LogP contribution in [0.5, 0.6) is 17.2 Å². The monoisotopic (exact) mass is 509 g/mol. The summed E-state index contributed by atoms with van der Waals surface area (Å²) >= 11 is 0. The van der Waals surface area contributed by atoms with E-state index in [4.69, 9.17) is 14.2 Å². The Morgan fingerprint density at radius 2 is 1.76 bits per heavy atom. The molecule has 194 valence electrons. The molecule has 1 unspecified atom stereocenters. The number of aromatic nitrogens is 2. The van der Waals surface area contributed by atoms with Gasteiger partial charge in [0.2, 0.25) is 0 Å². The van der Waals surface area contributed by atoms with Crippen LogP contribution in [-0.4, -0.2) is 46.5 Å². The average Bonchev–Trinajstić information content (AvgIpc) is 3.20. The highest BCUT2D eigenvalue weighted by Gasteiger charge is 2.27. The van der Waals surface area contributed by atoms with E-state index in [1.165, 1.54) is 32.7 Å². The Balaban J connectivity index is 1.75. The molecule has 0 saturated heterocycles. The topological polar surface area (TPSA) is 147 Å². The zero-order valence-corrected chi connectivity index (χ0v) is 21.3. The fourth-order valence-corrected chi connectivity index (χ4v) is 3.65. The number of hydrogen-bond acceptors (Lipinski definition) is 9. The third kappa shape index (κ3) is 5.74. The van der Waals surface area contributed by atoms with Crippen molar-refractivity contribution < 1.29 is 28.7 Å². The molecule has 1 N–H and O–H groups in total. The summed E-state index contributed by atoms with van der Waals surface area (Å²) < 4.78 is 17.4. The average molecular weight is 510 g/mol. The van der Waals surface area contributed by atoms with Crippen LogP contribution in [0.4, 0.5) is 5.69 Å². The SMILES string of the molecule is COc1cc(/C(C)=N/NC(=O)C(C)n2nc(C)c([N+](=O)[O-])c2C)ccc1OC(=O)c1ccccc1OC. The predicted octanol–water partition coefficient (Wildman–Crippen LogP) is 3.75. The number of para-hydroxylation sites is 1. The molecule has 37 heavy (non-hydrogen) atoms. The number of rotatable bonds is 9. The number of nitro groups is 1. The van der Waals surface area contributed by atoms with Crippen LogP contribution in [-0.2, 0) is 4.79 Å². The van der Waals surface area contributed by atoms with Gasteiger partial charge in [-0.1, -0.05) is 12.1 Å². The number of nitrogens with zero attached hydrogens (tertiary/aromatic N) is 4. The maximum absolute atomic E-state index is 12.7. The lowest BCUT2D eigenvalue weighted by molar-refractivity contribution is -0.386. The molecule has 3 aromatic rings. The van der Waals surface area contributed by atoms with Crippen molar-refractivity contribution in [2.75, 3.05) is 14.2 Å². The molecule has 12 heteroatoms. The van der Waals surface area contributed by atoms with Gasteiger partial charge in [0, 0.05) is 5.56 Å². The van der Waals surface area contributed by atoms with Gasteiger partial charge < -0.3 is 14.2 Å². The van der Waals surface area contributed by atoms with Gasteiger partial charge in [-0.05, 0) is 58.0 Å². The maximum atomic E-state index is 12.7. The number of carbonyl (C=O) groups is 2. The van der Waals surface area contributed by atoms with Gasteiger partial charge in [-0.2, -0.15) is 10.2 Å². The summed E-state index contributed by atoms with van der Waals surface area (Å²) in [6, 6.07) is 10.7. The lowest BCUT2D eigenvalue weighted by atomic mass is 10.1. The number of nitrogens with one attached hydrogen (secondary N) is 1. The Bertz CT molecular complexity index is 1380. The minimum atomic E-state index is -0.838. The van der Waals surface area contributed by atoms with E-state index in [0.717, 1.165) is 0 Å². The van der Waals surface area contributed by atoms with Gasteiger partial charge in [0.25, 0.3) is 5.91 Å². The molecule has 1 amide bonds. The van der Waals surface area contributed by atoms with E-state index < -0.39 is 22.8 Å². The lowest BCUT2D eigenvalue weighted by Gasteiger charge is -2.13. The number of amides is 1. The van der Waals surface area contributed by atoms with Crippen molar-refractivity contribution in [2.45, 2.75) is 33.7 Å². The first-order chi connectivity index (χ1) is 17.6. The Hall–Kier alpha value is -4.74. The highest BCUT2D eigenvalue weighted by molar-refractivity contribution is 6.00. The molecular formula is C25H27N5O7. The van der Waals surface area contributed by atoms with Gasteiger partial charge in [-0.25, -0.2) is 10.2 Å². The van der Waals surface area contributed by atoms with Gasteiger partial charge in [-0.15, -0.1) is 0 Å². The molecule has 0 spiro atoms. The second-order valence-corrected chi connectivity index (χ2v) is 8.03. The number of hydrazone groups is 1. The van der Waals surface area contributed by atoms with Gasteiger partial charge in [-0.3, -0.25) is 19.6 Å². The number of ether oxygens (including phenoxy) is 3.